The second kappa shape index (κ2) is 6.48. The molecule has 1 heterocycles. The number of amides is 1. The van der Waals surface area contributed by atoms with Crippen molar-refractivity contribution in [1.82, 2.24) is 10.3 Å². The van der Waals surface area contributed by atoms with Gasteiger partial charge in [0.25, 0.3) is 0 Å². The molecule has 0 radical (unpaired) electrons. The van der Waals surface area contributed by atoms with E-state index in [9.17, 15) is 4.79 Å². The Bertz CT molecular complexity index is 338. The first-order chi connectivity index (χ1) is 7.58. The van der Waals surface area contributed by atoms with Gasteiger partial charge in [0.2, 0.25) is 5.91 Å². The van der Waals surface area contributed by atoms with Crippen molar-refractivity contribution in [3.8, 4) is 0 Å². The monoisotopic (exact) mass is 285 g/mol. The Kier molecular flexibility index (Phi) is 5.25. The van der Waals surface area contributed by atoms with Gasteiger partial charge in [-0.3, -0.25) is 4.79 Å². The van der Waals surface area contributed by atoms with Crippen LogP contribution in [0.2, 0.25) is 0 Å². The SMILES string of the molecule is CC(C)CNC(=O)CNc1ccc(Br)cn1. The lowest BCUT2D eigenvalue weighted by Gasteiger charge is -2.08. The Balaban J connectivity index is 2.29. The van der Waals surface area contributed by atoms with E-state index in [2.05, 4.69) is 45.4 Å². The maximum absolute atomic E-state index is 11.4. The van der Waals surface area contributed by atoms with E-state index in [1.807, 2.05) is 12.1 Å². The molecule has 0 saturated carbocycles. The van der Waals surface area contributed by atoms with Crippen molar-refractivity contribution in [1.29, 1.82) is 0 Å². The Hall–Kier alpha value is -1.10. The smallest absolute Gasteiger partial charge is 0.239 e. The van der Waals surface area contributed by atoms with E-state index >= 15 is 0 Å². The van der Waals surface area contributed by atoms with E-state index in [1.165, 1.54) is 0 Å². The molecule has 0 unspecified atom stereocenters. The highest BCUT2D eigenvalue weighted by atomic mass is 79.9. The number of carbonyl (C=O) groups excluding carboxylic acids is 1. The Morgan fingerprint density at radius 1 is 1.50 bits per heavy atom. The lowest BCUT2D eigenvalue weighted by atomic mass is 10.2. The maximum Gasteiger partial charge on any atom is 0.239 e. The molecule has 88 valence electrons. The number of nitrogens with zero attached hydrogens (tertiary/aromatic N) is 1. The highest BCUT2D eigenvalue weighted by Crippen LogP contribution is 2.09. The van der Waals surface area contributed by atoms with Crippen LogP contribution in [0.15, 0.2) is 22.8 Å². The molecule has 5 heteroatoms. The summed E-state index contributed by atoms with van der Waals surface area (Å²) in [5.41, 5.74) is 0. The lowest BCUT2D eigenvalue weighted by Crippen LogP contribution is -2.32. The molecule has 0 bridgehead atoms. The lowest BCUT2D eigenvalue weighted by molar-refractivity contribution is -0.119. The summed E-state index contributed by atoms with van der Waals surface area (Å²) in [4.78, 5) is 15.5. The number of pyridine rings is 1. The van der Waals surface area contributed by atoms with Crippen LogP contribution in [0.5, 0.6) is 0 Å². The first-order valence-corrected chi connectivity index (χ1v) is 5.99. The van der Waals surface area contributed by atoms with Gasteiger partial charge in [0, 0.05) is 17.2 Å². The number of rotatable bonds is 5. The molecule has 4 nitrogen and oxygen atoms in total. The fraction of sp³-hybridized carbons (Fsp3) is 0.455. The van der Waals surface area contributed by atoms with Crippen LogP contribution in [0.4, 0.5) is 5.82 Å². The molecule has 0 atom stereocenters. The molecule has 1 aromatic rings. The molecule has 0 aliphatic carbocycles. The van der Waals surface area contributed by atoms with E-state index in [1.54, 1.807) is 6.20 Å². The van der Waals surface area contributed by atoms with Gasteiger partial charge < -0.3 is 10.6 Å². The number of nitrogens with one attached hydrogen (secondary N) is 2. The summed E-state index contributed by atoms with van der Waals surface area (Å²) in [6, 6.07) is 3.70. The molecule has 1 rings (SSSR count). The summed E-state index contributed by atoms with van der Waals surface area (Å²) in [6.45, 7) is 5.07. The summed E-state index contributed by atoms with van der Waals surface area (Å²) in [7, 11) is 0. The number of hydrogen-bond acceptors (Lipinski definition) is 3. The number of anilines is 1. The molecule has 1 amide bonds. The normalized spacial score (nSPS) is 10.2. The molecule has 0 saturated heterocycles. The second-order valence-electron chi connectivity index (χ2n) is 3.91. The third kappa shape index (κ3) is 5.11. The van der Waals surface area contributed by atoms with Gasteiger partial charge in [0.05, 0.1) is 6.54 Å². The number of aromatic nitrogens is 1. The van der Waals surface area contributed by atoms with Crippen molar-refractivity contribution in [2.45, 2.75) is 13.8 Å². The van der Waals surface area contributed by atoms with Crippen molar-refractivity contribution in [2.24, 2.45) is 5.92 Å². The molecular weight excluding hydrogens is 270 g/mol. The van der Waals surface area contributed by atoms with Crippen LogP contribution >= 0.6 is 15.9 Å². The predicted octanol–water partition coefficient (Wildman–Crippen LogP) is 2.03. The van der Waals surface area contributed by atoms with Crippen molar-refractivity contribution >= 4 is 27.7 Å². The molecule has 16 heavy (non-hydrogen) atoms. The topological polar surface area (TPSA) is 54.0 Å². The Morgan fingerprint density at radius 3 is 2.81 bits per heavy atom. The molecule has 2 N–H and O–H groups in total. The Morgan fingerprint density at radius 2 is 2.25 bits per heavy atom. The first kappa shape index (κ1) is 13.0. The first-order valence-electron chi connectivity index (χ1n) is 5.20. The Labute approximate surface area is 104 Å². The second-order valence-corrected chi connectivity index (χ2v) is 4.83. The molecule has 0 aromatic carbocycles. The largest absolute Gasteiger partial charge is 0.361 e. The van der Waals surface area contributed by atoms with Crippen LogP contribution < -0.4 is 10.6 Å². The fourth-order valence-electron chi connectivity index (χ4n) is 1.03. The molecule has 0 aliphatic heterocycles. The molecule has 1 aromatic heterocycles. The standard InChI is InChI=1S/C11H16BrN3O/c1-8(2)5-15-11(16)7-14-10-4-3-9(12)6-13-10/h3-4,6,8H,5,7H2,1-2H3,(H,13,14)(H,15,16). The van der Waals surface area contributed by atoms with E-state index in [4.69, 9.17) is 0 Å². The zero-order valence-corrected chi connectivity index (χ0v) is 11.0. The summed E-state index contributed by atoms with van der Waals surface area (Å²) >= 11 is 3.30. The number of carbonyl (C=O) groups is 1. The highest BCUT2D eigenvalue weighted by Gasteiger charge is 2.02. The summed E-state index contributed by atoms with van der Waals surface area (Å²) in [5.74, 6) is 1.15. The van der Waals surface area contributed by atoms with E-state index in [0.717, 1.165) is 4.47 Å². The van der Waals surface area contributed by atoms with Crippen LogP contribution in [-0.4, -0.2) is 24.0 Å². The van der Waals surface area contributed by atoms with Gasteiger partial charge in [0.15, 0.2) is 0 Å². The van der Waals surface area contributed by atoms with Crippen LogP contribution in [0.25, 0.3) is 0 Å². The van der Waals surface area contributed by atoms with Gasteiger partial charge in [-0.05, 0) is 34.0 Å². The third-order valence-electron chi connectivity index (χ3n) is 1.86. The van der Waals surface area contributed by atoms with Gasteiger partial charge >= 0.3 is 0 Å². The van der Waals surface area contributed by atoms with Crippen molar-refractivity contribution < 1.29 is 4.79 Å². The average Bonchev–Trinajstić information content (AvgIpc) is 2.25. The zero-order valence-electron chi connectivity index (χ0n) is 9.46. The quantitative estimate of drug-likeness (QED) is 0.870. The molecule has 0 spiro atoms. The van der Waals surface area contributed by atoms with Gasteiger partial charge in [-0.25, -0.2) is 4.98 Å². The van der Waals surface area contributed by atoms with Crippen LogP contribution in [0.3, 0.4) is 0 Å². The van der Waals surface area contributed by atoms with E-state index in [0.29, 0.717) is 18.3 Å². The minimum absolute atomic E-state index is 0.0154. The van der Waals surface area contributed by atoms with Gasteiger partial charge in [-0.2, -0.15) is 0 Å². The third-order valence-corrected chi connectivity index (χ3v) is 2.33. The van der Waals surface area contributed by atoms with E-state index in [-0.39, 0.29) is 12.5 Å². The highest BCUT2D eigenvalue weighted by molar-refractivity contribution is 9.10. The molecule has 0 fully saturated rings. The minimum Gasteiger partial charge on any atom is -0.361 e. The van der Waals surface area contributed by atoms with Crippen LogP contribution in [-0.2, 0) is 4.79 Å². The summed E-state index contributed by atoms with van der Waals surface area (Å²) < 4.78 is 0.919. The van der Waals surface area contributed by atoms with Crippen LogP contribution in [0.1, 0.15) is 13.8 Å². The fourth-order valence-corrected chi connectivity index (χ4v) is 1.27. The van der Waals surface area contributed by atoms with Crippen LogP contribution in [0, 0.1) is 5.92 Å². The van der Waals surface area contributed by atoms with Gasteiger partial charge in [-0.15, -0.1) is 0 Å². The van der Waals surface area contributed by atoms with Crippen molar-refractivity contribution in [2.75, 3.05) is 18.4 Å². The van der Waals surface area contributed by atoms with Crippen molar-refractivity contribution in [3.05, 3.63) is 22.8 Å². The van der Waals surface area contributed by atoms with E-state index < -0.39 is 0 Å². The van der Waals surface area contributed by atoms with Crippen molar-refractivity contribution in [3.63, 3.8) is 0 Å². The maximum atomic E-state index is 11.4. The predicted molar refractivity (Wildman–Crippen MR) is 68.3 cm³/mol. The average molecular weight is 286 g/mol. The summed E-state index contributed by atoms with van der Waals surface area (Å²) in [5, 5.41) is 5.78. The number of hydrogen-bond donors (Lipinski definition) is 2. The minimum atomic E-state index is -0.0154. The van der Waals surface area contributed by atoms with Gasteiger partial charge in [0.1, 0.15) is 5.82 Å². The molecule has 0 aliphatic rings. The zero-order chi connectivity index (χ0) is 12.0. The van der Waals surface area contributed by atoms with Gasteiger partial charge in [-0.1, -0.05) is 13.8 Å². The number of halogens is 1. The summed E-state index contributed by atoms with van der Waals surface area (Å²) in [6.07, 6.45) is 1.69. The molecular formula is C11H16BrN3O.